The molecule has 0 spiro atoms. The Balaban J connectivity index is 0.000000175. The smallest absolute Gasteiger partial charge is 0.328 e. The zero-order valence-electron chi connectivity index (χ0n) is 17.4. The highest BCUT2D eigenvalue weighted by Crippen LogP contribution is 2.18. The number of aliphatic carboxylic acids is 2. The van der Waals surface area contributed by atoms with Crippen LogP contribution >= 0.6 is 0 Å². The van der Waals surface area contributed by atoms with Crippen LogP contribution in [0, 0.1) is 0 Å². The van der Waals surface area contributed by atoms with Crippen molar-refractivity contribution in [2.45, 2.75) is 0 Å². The molecule has 0 radical (unpaired) electrons. The molecule has 4 aromatic rings. The summed E-state index contributed by atoms with van der Waals surface area (Å²) in [5, 5.41) is 15.6. The molecule has 0 atom stereocenters. The van der Waals surface area contributed by atoms with Crippen molar-refractivity contribution in [1.82, 2.24) is 0 Å². The fraction of sp³-hybridized carbons (Fsp3) is 0. The second-order valence-electron chi connectivity index (χ2n) is 6.47. The van der Waals surface area contributed by atoms with Gasteiger partial charge in [-0.15, -0.1) is 0 Å². The summed E-state index contributed by atoms with van der Waals surface area (Å²) in [6.45, 7) is 0. The highest BCUT2D eigenvalue weighted by molar-refractivity contribution is 5.89. The Kier molecular flexibility index (Phi) is 10.2. The number of hydrogen-bond acceptors (Lipinski definition) is 2. The van der Waals surface area contributed by atoms with Gasteiger partial charge < -0.3 is 10.2 Å². The zero-order chi connectivity index (χ0) is 23.0. The van der Waals surface area contributed by atoms with Crippen LogP contribution in [0.5, 0.6) is 0 Å². The van der Waals surface area contributed by atoms with Crippen molar-refractivity contribution in [2.75, 3.05) is 0 Å². The van der Waals surface area contributed by atoms with Gasteiger partial charge in [-0.1, -0.05) is 121 Å². The molecule has 4 nitrogen and oxygen atoms in total. The molecule has 0 bridgehead atoms. The molecule has 32 heavy (non-hydrogen) atoms. The van der Waals surface area contributed by atoms with Crippen molar-refractivity contribution < 1.29 is 19.8 Å². The van der Waals surface area contributed by atoms with Crippen LogP contribution in [-0.2, 0) is 9.59 Å². The molecule has 0 heterocycles. The first-order valence-corrected chi connectivity index (χ1v) is 9.91. The van der Waals surface area contributed by atoms with Gasteiger partial charge in [0.1, 0.15) is 0 Å². The van der Waals surface area contributed by atoms with Gasteiger partial charge in [0.25, 0.3) is 0 Å². The normalized spacial score (nSPS) is 9.62. The molecule has 0 fully saturated rings. The number of carboxylic acid groups (broad SMARTS) is 2. The number of carboxylic acids is 2. The maximum atomic E-state index is 9.55. The first kappa shape index (κ1) is 23.8. The minimum absolute atomic E-state index is 0.558. The van der Waals surface area contributed by atoms with E-state index >= 15 is 0 Å². The van der Waals surface area contributed by atoms with Gasteiger partial charge in [0.05, 0.1) is 0 Å². The zero-order valence-corrected chi connectivity index (χ0v) is 17.4. The summed E-state index contributed by atoms with van der Waals surface area (Å²) in [6.07, 6.45) is 1.12. The van der Waals surface area contributed by atoms with E-state index in [1.165, 1.54) is 22.3 Å². The first-order chi connectivity index (χ1) is 15.6. The Morgan fingerprint density at radius 1 is 0.406 bits per heavy atom. The summed E-state index contributed by atoms with van der Waals surface area (Å²) < 4.78 is 0. The van der Waals surface area contributed by atoms with Crippen LogP contribution in [0.2, 0.25) is 0 Å². The number of carbonyl (C=O) groups is 2. The molecule has 0 aliphatic rings. The third-order valence-electron chi connectivity index (χ3n) is 4.13. The van der Waals surface area contributed by atoms with Crippen molar-refractivity contribution >= 4 is 11.9 Å². The van der Waals surface area contributed by atoms with Crippen LogP contribution in [-0.4, -0.2) is 22.2 Å². The summed E-state index contributed by atoms with van der Waals surface area (Å²) >= 11 is 0. The summed E-state index contributed by atoms with van der Waals surface area (Å²) in [5.74, 6) is -2.51. The monoisotopic (exact) mass is 424 g/mol. The lowest BCUT2D eigenvalue weighted by molar-refractivity contribution is -0.134. The third-order valence-corrected chi connectivity index (χ3v) is 4.13. The lowest BCUT2D eigenvalue weighted by atomic mass is 10.1. The van der Waals surface area contributed by atoms with Crippen LogP contribution in [0.25, 0.3) is 22.3 Å². The summed E-state index contributed by atoms with van der Waals surface area (Å²) in [4.78, 5) is 19.1. The molecule has 0 amide bonds. The van der Waals surface area contributed by atoms with E-state index in [-0.39, 0.29) is 0 Å². The minimum Gasteiger partial charge on any atom is -0.478 e. The molecular formula is C28H24O4. The topological polar surface area (TPSA) is 74.6 Å². The molecule has 0 aliphatic heterocycles. The van der Waals surface area contributed by atoms with Crippen molar-refractivity contribution in [1.29, 1.82) is 0 Å². The van der Waals surface area contributed by atoms with Crippen LogP contribution in [0.3, 0.4) is 0 Å². The van der Waals surface area contributed by atoms with Crippen molar-refractivity contribution in [3.8, 4) is 22.3 Å². The molecule has 0 unspecified atom stereocenters. The van der Waals surface area contributed by atoms with Crippen molar-refractivity contribution in [3.05, 3.63) is 133 Å². The standard InChI is InChI=1S/2C12H10.C4H4O4/c2*1-3-7-11(8-4-1)12-9-5-2-6-10-12;5-3(6)1-2-4(7)8/h2*1-10H;1-2H,(H,5,6)(H,7,8)/b;;2-1+. The maximum absolute atomic E-state index is 9.55. The predicted molar refractivity (Wildman–Crippen MR) is 128 cm³/mol. The van der Waals surface area contributed by atoms with E-state index in [4.69, 9.17) is 10.2 Å². The lowest BCUT2D eigenvalue weighted by Gasteiger charge is -1.98. The van der Waals surface area contributed by atoms with Gasteiger partial charge in [0, 0.05) is 12.2 Å². The van der Waals surface area contributed by atoms with Gasteiger partial charge in [-0.3, -0.25) is 0 Å². The molecular weight excluding hydrogens is 400 g/mol. The minimum atomic E-state index is -1.26. The Morgan fingerprint density at radius 3 is 0.750 bits per heavy atom. The Bertz CT molecular complexity index is 925. The lowest BCUT2D eigenvalue weighted by Crippen LogP contribution is -1.91. The molecule has 0 aromatic heterocycles. The van der Waals surface area contributed by atoms with E-state index < -0.39 is 11.9 Å². The first-order valence-electron chi connectivity index (χ1n) is 9.91. The Hall–Kier alpha value is -4.44. The second kappa shape index (κ2) is 13.7. The highest BCUT2D eigenvalue weighted by atomic mass is 16.4. The quantitative estimate of drug-likeness (QED) is 0.371. The van der Waals surface area contributed by atoms with Crippen LogP contribution in [0.1, 0.15) is 0 Å². The van der Waals surface area contributed by atoms with Gasteiger partial charge in [-0.25, -0.2) is 9.59 Å². The largest absolute Gasteiger partial charge is 0.478 e. The van der Waals surface area contributed by atoms with Gasteiger partial charge in [-0.2, -0.15) is 0 Å². The average Bonchev–Trinajstić information content (AvgIpc) is 2.86. The Labute approximate surface area is 187 Å². The molecule has 0 saturated carbocycles. The molecule has 4 rings (SSSR count). The number of hydrogen-bond donors (Lipinski definition) is 2. The fourth-order valence-corrected chi connectivity index (χ4v) is 2.66. The number of benzene rings is 4. The van der Waals surface area contributed by atoms with Gasteiger partial charge in [-0.05, 0) is 22.3 Å². The number of rotatable bonds is 4. The SMILES string of the molecule is O=C(O)/C=C/C(=O)O.c1ccc(-c2ccccc2)cc1.c1ccc(-c2ccccc2)cc1. The van der Waals surface area contributed by atoms with Crippen LogP contribution in [0.15, 0.2) is 133 Å². The van der Waals surface area contributed by atoms with Gasteiger partial charge >= 0.3 is 11.9 Å². The predicted octanol–water partition coefficient (Wildman–Crippen LogP) is 6.42. The Morgan fingerprint density at radius 2 is 0.594 bits per heavy atom. The van der Waals surface area contributed by atoms with Crippen molar-refractivity contribution in [2.24, 2.45) is 0 Å². The van der Waals surface area contributed by atoms with E-state index in [9.17, 15) is 9.59 Å². The average molecular weight is 424 g/mol. The molecule has 0 aliphatic carbocycles. The third kappa shape index (κ3) is 9.37. The molecule has 4 aromatic carbocycles. The summed E-state index contributed by atoms with van der Waals surface area (Å²) in [5.41, 5.74) is 5.10. The highest BCUT2D eigenvalue weighted by Gasteiger charge is 1.93. The molecule has 0 saturated heterocycles. The van der Waals surface area contributed by atoms with Crippen LogP contribution in [0.4, 0.5) is 0 Å². The summed E-state index contributed by atoms with van der Waals surface area (Å²) in [6, 6.07) is 41.6. The summed E-state index contributed by atoms with van der Waals surface area (Å²) in [7, 11) is 0. The fourth-order valence-electron chi connectivity index (χ4n) is 2.66. The molecule has 4 heteroatoms. The molecule has 2 N–H and O–H groups in total. The van der Waals surface area contributed by atoms with E-state index in [1.807, 2.05) is 24.3 Å². The van der Waals surface area contributed by atoms with E-state index in [2.05, 4.69) is 97.1 Å². The van der Waals surface area contributed by atoms with Gasteiger partial charge in [0.2, 0.25) is 0 Å². The maximum Gasteiger partial charge on any atom is 0.328 e. The van der Waals surface area contributed by atoms with E-state index in [1.54, 1.807) is 0 Å². The molecule has 160 valence electrons. The van der Waals surface area contributed by atoms with Crippen LogP contribution < -0.4 is 0 Å². The van der Waals surface area contributed by atoms with Crippen molar-refractivity contribution in [3.63, 3.8) is 0 Å². The second-order valence-corrected chi connectivity index (χ2v) is 6.47. The van der Waals surface area contributed by atoms with E-state index in [0.29, 0.717) is 12.2 Å². The van der Waals surface area contributed by atoms with E-state index in [0.717, 1.165) is 0 Å². The van der Waals surface area contributed by atoms with Gasteiger partial charge in [0.15, 0.2) is 0 Å².